The fourth-order valence-electron chi connectivity index (χ4n) is 3.23. The van der Waals surface area contributed by atoms with Gasteiger partial charge in [0.05, 0.1) is 12.6 Å². The van der Waals surface area contributed by atoms with E-state index in [1.54, 1.807) is 0 Å². The minimum absolute atomic E-state index is 0.0892. The number of likely N-dealkylation sites (N-methyl/N-ethyl adjacent to an activating group) is 1. The summed E-state index contributed by atoms with van der Waals surface area (Å²) in [5, 5.41) is 12.3. The number of urea groups is 1. The molecule has 2 rings (SSSR count). The number of carbonyl (C=O) groups excluding carboxylic acids is 3. The van der Waals surface area contributed by atoms with Gasteiger partial charge in [0.25, 0.3) is 0 Å². The number of nitrogens with zero attached hydrogens (tertiary/aromatic N) is 2. The van der Waals surface area contributed by atoms with E-state index in [1.807, 2.05) is 30.3 Å². The molecule has 10 heteroatoms. The molecule has 164 valence electrons. The van der Waals surface area contributed by atoms with Crippen molar-refractivity contribution < 1.29 is 29.0 Å². The van der Waals surface area contributed by atoms with Gasteiger partial charge in [0.1, 0.15) is 12.6 Å². The van der Waals surface area contributed by atoms with Crippen molar-refractivity contribution in [2.24, 2.45) is 0 Å². The molecule has 3 atom stereocenters. The van der Waals surface area contributed by atoms with Crippen LogP contribution >= 0.6 is 12.6 Å². The first kappa shape index (κ1) is 23.7. The number of benzene rings is 1. The predicted octanol–water partition coefficient (Wildman–Crippen LogP) is 0.786. The summed E-state index contributed by atoms with van der Waals surface area (Å²) in [7, 11) is 1.43. The molecular formula is C20H27N3O6S. The van der Waals surface area contributed by atoms with Gasteiger partial charge in [-0.15, -0.1) is 0 Å². The van der Waals surface area contributed by atoms with Crippen molar-refractivity contribution in [1.82, 2.24) is 15.1 Å². The maximum atomic E-state index is 12.9. The number of imide groups is 1. The molecule has 1 aliphatic heterocycles. The molecule has 1 aliphatic rings. The number of carboxylic acids is 1. The highest BCUT2D eigenvalue weighted by Gasteiger charge is 2.45. The first-order valence-electron chi connectivity index (χ1n) is 9.64. The average Bonchev–Trinajstić information content (AvgIpc) is 3.04. The number of carbonyl (C=O) groups is 4. The summed E-state index contributed by atoms with van der Waals surface area (Å²) in [6, 6.07) is 5.83. The third-order valence-electron chi connectivity index (χ3n) is 4.82. The van der Waals surface area contributed by atoms with Gasteiger partial charge >= 0.3 is 18.0 Å². The van der Waals surface area contributed by atoms with Crippen LogP contribution in [0.15, 0.2) is 30.3 Å². The number of rotatable bonds is 10. The Balaban J connectivity index is 2.10. The van der Waals surface area contributed by atoms with E-state index in [1.165, 1.54) is 18.9 Å². The molecule has 0 spiro atoms. The molecule has 2 N–H and O–H groups in total. The first-order valence-corrected chi connectivity index (χ1v) is 10.3. The quantitative estimate of drug-likeness (QED) is 0.366. The zero-order chi connectivity index (χ0) is 22.3. The molecular weight excluding hydrogens is 410 g/mol. The summed E-state index contributed by atoms with van der Waals surface area (Å²) in [4.78, 5) is 51.0. The van der Waals surface area contributed by atoms with Crippen molar-refractivity contribution in [3.63, 3.8) is 0 Å². The van der Waals surface area contributed by atoms with E-state index in [4.69, 9.17) is 4.74 Å². The van der Waals surface area contributed by atoms with Crippen LogP contribution in [0.1, 0.15) is 18.9 Å². The van der Waals surface area contributed by atoms with Crippen molar-refractivity contribution in [3.05, 3.63) is 35.9 Å². The van der Waals surface area contributed by atoms with Gasteiger partial charge in [0.15, 0.2) is 6.04 Å². The summed E-state index contributed by atoms with van der Waals surface area (Å²) in [6.07, 6.45) is 0.932. The second kappa shape index (κ2) is 11.0. The van der Waals surface area contributed by atoms with E-state index >= 15 is 0 Å². The van der Waals surface area contributed by atoms with Crippen molar-refractivity contribution in [2.45, 2.75) is 37.9 Å². The zero-order valence-electron chi connectivity index (χ0n) is 17.0. The number of ether oxygens (including phenoxy) is 1. The molecule has 0 bridgehead atoms. The third kappa shape index (κ3) is 5.96. The SMILES string of the molecule is CC(NC(CCc1ccccc1)C(=O)OCCS)C(=O)N1C(=O)N(C)CC1C(=O)O. The van der Waals surface area contributed by atoms with Crippen molar-refractivity contribution >= 4 is 36.5 Å². The highest BCUT2D eigenvalue weighted by molar-refractivity contribution is 7.80. The van der Waals surface area contributed by atoms with Crippen LogP contribution in [0.3, 0.4) is 0 Å². The monoisotopic (exact) mass is 437 g/mol. The summed E-state index contributed by atoms with van der Waals surface area (Å²) >= 11 is 4.03. The minimum Gasteiger partial charge on any atom is -0.480 e. The fourth-order valence-corrected chi connectivity index (χ4v) is 3.32. The molecule has 0 aliphatic carbocycles. The summed E-state index contributed by atoms with van der Waals surface area (Å²) in [5.74, 6) is -2.13. The molecule has 1 fully saturated rings. The van der Waals surface area contributed by atoms with Crippen LogP contribution in [-0.2, 0) is 25.5 Å². The van der Waals surface area contributed by atoms with Gasteiger partial charge in [-0.2, -0.15) is 12.6 Å². The Bertz CT molecular complexity index is 775. The molecule has 1 aromatic carbocycles. The Labute approximate surface area is 180 Å². The molecule has 1 saturated heterocycles. The standard InChI is InChI=1S/C20H27N3O6S/c1-13(17(24)23-16(18(25)26)12-22(2)20(23)28)21-15(19(27)29-10-11-30)9-8-14-6-4-3-5-7-14/h3-7,13,15-16,21,30H,8-12H2,1-2H3,(H,25,26). The van der Waals surface area contributed by atoms with Crippen LogP contribution in [0.4, 0.5) is 4.79 Å². The topological polar surface area (TPSA) is 116 Å². The Hall–Kier alpha value is -2.59. The number of amides is 3. The minimum atomic E-state index is -1.27. The lowest BCUT2D eigenvalue weighted by Gasteiger charge is -2.26. The Morgan fingerprint density at radius 2 is 1.97 bits per heavy atom. The van der Waals surface area contributed by atoms with E-state index in [0.717, 1.165) is 10.5 Å². The van der Waals surface area contributed by atoms with Gasteiger partial charge in [-0.1, -0.05) is 30.3 Å². The number of aryl methyl sites for hydroxylation is 1. The van der Waals surface area contributed by atoms with Crippen LogP contribution in [-0.4, -0.2) is 82.9 Å². The average molecular weight is 438 g/mol. The van der Waals surface area contributed by atoms with Gasteiger partial charge in [-0.25, -0.2) is 14.5 Å². The molecule has 30 heavy (non-hydrogen) atoms. The number of nitrogens with one attached hydrogen (secondary N) is 1. The lowest BCUT2D eigenvalue weighted by molar-refractivity contribution is -0.148. The van der Waals surface area contributed by atoms with Crippen LogP contribution in [0.5, 0.6) is 0 Å². The Morgan fingerprint density at radius 3 is 2.57 bits per heavy atom. The van der Waals surface area contributed by atoms with Gasteiger partial charge in [0, 0.05) is 12.8 Å². The summed E-state index contributed by atoms with van der Waals surface area (Å²) < 4.78 is 5.17. The zero-order valence-corrected chi connectivity index (χ0v) is 17.9. The fraction of sp³-hybridized carbons (Fsp3) is 0.500. The van der Waals surface area contributed by atoms with Crippen LogP contribution in [0.2, 0.25) is 0 Å². The number of thiol groups is 1. The van der Waals surface area contributed by atoms with Crippen LogP contribution in [0, 0.1) is 0 Å². The van der Waals surface area contributed by atoms with Gasteiger partial charge in [0.2, 0.25) is 5.91 Å². The van der Waals surface area contributed by atoms with Crippen molar-refractivity contribution in [1.29, 1.82) is 0 Å². The molecule has 0 radical (unpaired) electrons. The molecule has 0 saturated carbocycles. The number of hydrogen-bond acceptors (Lipinski definition) is 7. The second-order valence-electron chi connectivity index (χ2n) is 7.08. The third-order valence-corrected chi connectivity index (χ3v) is 5.00. The van der Waals surface area contributed by atoms with E-state index in [0.29, 0.717) is 18.6 Å². The van der Waals surface area contributed by atoms with Crippen LogP contribution in [0.25, 0.3) is 0 Å². The Kier molecular flexibility index (Phi) is 8.67. The van der Waals surface area contributed by atoms with E-state index in [9.17, 15) is 24.3 Å². The summed E-state index contributed by atoms with van der Waals surface area (Å²) in [5.41, 5.74) is 1.02. The van der Waals surface area contributed by atoms with Gasteiger partial charge in [-0.05, 0) is 25.3 Å². The van der Waals surface area contributed by atoms with E-state index in [-0.39, 0.29) is 13.2 Å². The van der Waals surface area contributed by atoms with Crippen molar-refractivity contribution in [3.8, 4) is 0 Å². The molecule has 3 amide bonds. The van der Waals surface area contributed by atoms with E-state index in [2.05, 4.69) is 17.9 Å². The number of esters is 1. The molecule has 3 unspecified atom stereocenters. The molecule has 9 nitrogen and oxygen atoms in total. The molecule has 1 heterocycles. The predicted molar refractivity (Wildman–Crippen MR) is 112 cm³/mol. The number of carboxylic acid groups (broad SMARTS) is 1. The lowest BCUT2D eigenvalue weighted by atomic mass is 10.0. The normalized spacial score (nSPS) is 18.2. The lowest BCUT2D eigenvalue weighted by Crippen LogP contribution is -2.54. The molecule has 1 aromatic rings. The van der Waals surface area contributed by atoms with Gasteiger partial charge < -0.3 is 14.7 Å². The van der Waals surface area contributed by atoms with Crippen LogP contribution < -0.4 is 5.32 Å². The van der Waals surface area contributed by atoms with E-state index < -0.39 is 42.0 Å². The second-order valence-corrected chi connectivity index (χ2v) is 7.53. The number of hydrogen-bond donors (Lipinski definition) is 3. The first-order chi connectivity index (χ1) is 14.3. The maximum absolute atomic E-state index is 12.9. The number of aliphatic carboxylic acids is 1. The highest BCUT2D eigenvalue weighted by atomic mass is 32.1. The molecule has 0 aromatic heterocycles. The highest BCUT2D eigenvalue weighted by Crippen LogP contribution is 2.17. The summed E-state index contributed by atoms with van der Waals surface area (Å²) in [6.45, 7) is 1.53. The smallest absolute Gasteiger partial charge is 0.328 e. The largest absolute Gasteiger partial charge is 0.480 e. The van der Waals surface area contributed by atoms with Gasteiger partial charge in [-0.3, -0.25) is 14.9 Å². The van der Waals surface area contributed by atoms with Crippen molar-refractivity contribution in [2.75, 3.05) is 26.0 Å². The Morgan fingerprint density at radius 1 is 1.30 bits per heavy atom. The maximum Gasteiger partial charge on any atom is 0.328 e.